The number of alkyl halides is 3. The van der Waals surface area contributed by atoms with E-state index in [-0.39, 0.29) is 24.0 Å². The lowest BCUT2D eigenvalue weighted by molar-refractivity contribution is -0.143. The molecule has 2 atom stereocenters. The van der Waals surface area contributed by atoms with Gasteiger partial charge < -0.3 is 9.13 Å². The van der Waals surface area contributed by atoms with Crippen LogP contribution >= 0.6 is 0 Å². The molecule has 0 bridgehead atoms. The van der Waals surface area contributed by atoms with Gasteiger partial charge in [-0.1, -0.05) is 103 Å². The molecule has 2 nitrogen and oxygen atoms in total. The summed E-state index contributed by atoms with van der Waals surface area (Å²) < 4.78 is 56.2. The summed E-state index contributed by atoms with van der Waals surface area (Å²) in [4.78, 5) is 0. The summed E-state index contributed by atoms with van der Waals surface area (Å²) in [6.07, 6.45) is 8.88. The van der Waals surface area contributed by atoms with Crippen molar-refractivity contribution in [2.45, 2.75) is 56.0 Å². The van der Waals surface area contributed by atoms with E-state index in [0.29, 0.717) is 0 Å². The average molecular weight is 663 g/mol. The summed E-state index contributed by atoms with van der Waals surface area (Å²) in [5.74, 6) is -3.36. The van der Waals surface area contributed by atoms with Gasteiger partial charge in [-0.05, 0) is 86.2 Å². The van der Waals surface area contributed by atoms with Crippen LogP contribution in [0.1, 0.15) is 55.0 Å². The first-order valence-electron chi connectivity index (χ1n) is 17.6. The summed E-state index contributed by atoms with van der Waals surface area (Å²) in [6, 6.07) is 39.2. The molecule has 2 heterocycles. The van der Waals surface area contributed by atoms with Gasteiger partial charge in [-0.3, -0.25) is 0 Å². The van der Waals surface area contributed by atoms with Crippen molar-refractivity contribution in [3.63, 3.8) is 0 Å². The molecule has 248 valence electrons. The molecule has 2 aliphatic carbocycles. The molecular formula is C45H37F3N2. The summed E-state index contributed by atoms with van der Waals surface area (Å²) in [5, 5.41) is 3.40. The first kappa shape index (κ1) is 30.7. The van der Waals surface area contributed by atoms with Gasteiger partial charge in [0.15, 0.2) is 0 Å². The number of nitrogens with zero attached hydrogens (tertiary/aromatic N) is 2. The van der Waals surface area contributed by atoms with Gasteiger partial charge in [0, 0.05) is 45.2 Å². The van der Waals surface area contributed by atoms with Gasteiger partial charge >= 0.3 is 0 Å². The fourth-order valence-corrected chi connectivity index (χ4v) is 9.18. The Morgan fingerprint density at radius 3 is 1.70 bits per heavy atom. The van der Waals surface area contributed by atoms with Gasteiger partial charge in [0.2, 0.25) is 0 Å². The minimum absolute atomic E-state index is 0.00535. The first-order chi connectivity index (χ1) is 24.4. The average Bonchev–Trinajstić information content (AvgIpc) is 3.65. The Labute approximate surface area is 289 Å². The van der Waals surface area contributed by atoms with Gasteiger partial charge in [0.1, 0.15) is 11.1 Å². The van der Waals surface area contributed by atoms with Crippen LogP contribution in [0.5, 0.6) is 0 Å². The van der Waals surface area contributed by atoms with Crippen LogP contribution in [-0.4, -0.2) is 20.7 Å². The lowest BCUT2D eigenvalue weighted by Gasteiger charge is -2.52. The summed E-state index contributed by atoms with van der Waals surface area (Å²) in [7, 11) is 0. The van der Waals surface area contributed by atoms with E-state index in [9.17, 15) is 0 Å². The second-order valence-electron chi connectivity index (χ2n) is 13.8. The second kappa shape index (κ2) is 11.4. The Morgan fingerprint density at radius 1 is 0.600 bits per heavy atom. The number of para-hydroxylation sites is 3. The molecule has 0 radical (unpaired) electrons. The highest BCUT2D eigenvalue weighted by molar-refractivity contribution is 6.09. The molecule has 50 heavy (non-hydrogen) atoms. The standard InChI is InChI=1S/C45H37F3N2/c1-2-28-43(46)29-11-30-44(47,48)45(43,31-20-24-33(25-21-31)49-39-16-7-3-12-35(39)36-13-4-8-17-40(36)49)32-22-26-34(27-23-32)50-41-18-9-5-14-37(41)38-15-6-10-19-42(38)50/h2-9,12-18,20-28H,10-11,19,29-30H2,1H3/b28-2+. The topological polar surface area (TPSA) is 9.86 Å². The van der Waals surface area contributed by atoms with Crippen molar-refractivity contribution < 1.29 is 13.2 Å². The van der Waals surface area contributed by atoms with Gasteiger partial charge in [0.25, 0.3) is 5.92 Å². The van der Waals surface area contributed by atoms with Crippen LogP contribution in [0, 0.1) is 0 Å². The van der Waals surface area contributed by atoms with Crippen LogP contribution < -0.4 is 0 Å². The van der Waals surface area contributed by atoms with Crippen molar-refractivity contribution in [1.82, 2.24) is 9.13 Å². The lowest BCUT2D eigenvalue weighted by atomic mass is 9.55. The Hall–Kier alpha value is -5.29. The summed E-state index contributed by atoms with van der Waals surface area (Å²) in [5.41, 5.74) is 3.25. The minimum Gasteiger partial charge on any atom is -0.313 e. The largest absolute Gasteiger partial charge is 0.313 e. The second-order valence-corrected chi connectivity index (χ2v) is 13.8. The Balaban J connectivity index is 1.23. The number of allylic oxidation sites excluding steroid dienone is 3. The van der Waals surface area contributed by atoms with Crippen molar-refractivity contribution in [1.29, 1.82) is 0 Å². The van der Waals surface area contributed by atoms with E-state index < -0.39 is 23.4 Å². The van der Waals surface area contributed by atoms with Crippen molar-refractivity contribution in [3.05, 3.63) is 162 Å². The minimum atomic E-state index is -3.36. The van der Waals surface area contributed by atoms with Crippen molar-refractivity contribution in [2.24, 2.45) is 0 Å². The van der Waals surface area contributed by atoms with E-state index in [4.69, 9.17) is 0 Å². The molecule has 1 saturated carbocycles. The Morgan fingerprint density at radius 2 is 1.12 bits per heavy atom. The maximum absolute atomic E-state index is 17.8. The first-order valence-corrected chi connectivity index (χ1v) is 17.6. The van der Waals surface area contributed by atoms with Gasteiger partial charge in [-0.15, -0.1) is 0 Å². The third kappa shape index (κ3) is 4.22. The number of aromatic nitrogens is 2. The van der Waals surface area contributed by atoms with E-state index >= 15 is 13.2 Å². The molecule has 9 rings (SSSR count). The molecular weight excluding hydrogens is 626 g/mol. The van der Waals surface area contributed by atoms with Crippen LogP contribution in [0.25, 0.3) is 50.2 Å². The highest BCUT2D eigenvalue weighted by Gasteiger charge is 2.68. The maximum Gasteiger partial charge on any atom is 0.265 e. The monoisotopic (exact) mass is 662 g/mol. The predicted octanol–water partition coefficient (Wildman–Crippen LogP) is 12.1. The molecule has 5 heteroatoms. The zero-order valence-electron chi connectivity index (χ0n) is 27.9. The number of halogens is 3. The normalized spacial score (nSPS) is 21.8. The zero-order chi connectivity index (χ0) is 34.1. The molecule has 0 spiro atoms. The van der Waals surface area contributed by atoms with Crippen LogP contribution in [0.2, 0.25) is 0 Å². The van der Waals surface area contributed by atoms with Gasteiger partial charge in [-0.25, -0.2) is 13.2 Å². The molecule has 2 aliphatic rings. The van der Waals surface area contributed by atoms with Crippen LogP contribution in [0.15, 0.2) is 140 Å². The molecule has 0 saturated heterocycles. The number of fused-ring (bicyclic) bond motifs is 6. The van der Waals surface area contributed by atoms with Gasteiger partial charge in [-0.2, -0.15) is 0 Å². The molecule has 0 amide bonds. The fraction of sp³-hybridized carbons (Fsp3) is 0.200. The lowest BCUT2D eigenvalue weighted by Crippen LogP contribution is -2.62. The van der Waals surface area contributed by atoms with E-state index in [1.807, 2.05) is 60.7 Å². The zero-order valence-corrected chi connectivity index (χ0v) is 27.9. The van der Waals surface area contributed by atoms with E-state index in [1.165, 1.54) is 17.3 Å². The molecule has 7 aromatic rings. The Bertz CT molecular complexity index is 2410. The number of hydrogen-bond acceptors (Lipinski definition) is 0. The molecule has 2 unspecified atom stereocenters. The SMILES string of the molecule is C/C=C/C1(F)CCCC(F)(F)C1(c1ccc(-n2c3c(c4ccccc42)C=CCC3)cc1)c1ccc(-n2c3ccccc3c3ccccc32)cc1. The smallest absolute Gasteiger partial charge is 0.265 e. The van der Waals surface area contributed by atoms with Crippen molar-refractivity contribution in [2.75, 3.05) is 0 Å². The summed E-state index contributed by atoms with van der Waals surface area (Å²) in [6.45, 7) is 1.71. The van der Waals surface area contributed by atoms with Crippen molar-refractivity contribution in [3.8, 4) is 11.4 Å². The number of rotatable bonds is 5. The highest BCUT2D eigenvalue weighted by Crippen LogP contribution is 2.61. The van der Waals surface area contributed by atoms with Gasteiger partial charge in [0.05, 0.1) is 16.6 Å². The molecule has 5 aromatic carbocycles. The van der Waals surface area contributed by atoms with E-state index in [0.717, 1.165) is 56.9 Å². The third-order valence-corrected chi connectivity index (χ3v) is 11.2. The summed E-state index contributed by atoms with van der Waals surface area (Å²) >= 11 is 0. The highest BCUT2D eigenvalue weighted by atomic mass is 19.3. The number of hydrogen-bond donors (Lipinski definition) is 0. The molecule has 2 aromatic heterocycles. The Kier molecular flexibility index (Phi) is 7.00. The predicted molar refractivity (Wildman–Crippen MR) is 200 cm³/mol. The van der Waals surface area contributed by atoms with E-state index in [2.05, 4.69) is 57.7 Å². The van der Waals surface area contributed by atoms with Crippen LogP contribution in [0.3, 0.4) is 0 Å². The van der Waals surface area contributed by atoms with Crippen LogP contribution in [-0.2, 0) is 11.8 Å². The number of benzene rings is 5. The van der Waals surface area contributed by atoms with E-state index in [1.54, 1.807) is 37.3 Å². The third-order valence-electron chi connectivity index (χ3n) is 11.2. The molecule has 0 aliphatic heterocycles. The maximum atomic E-state index is 17.8. The molecule has 1 fully saturated rings. The fourth-order valence-electron chi connectivity index (χ4n) is 9.18. The molecule has 0 N–H and O–H groups in total. The van der Waals surface area contributed by atoms with Crippen molar-refractivity contribution >= 4 is 38.8 Å². The van der Waals surface area contributed by atoms with Crippen LogP contribution in [0.4, 0.5) is 13.2 Å². The quantitative estimate of drug-likeness (QED) is 0.162.